The number of rotatable bonds is 5. The molecule has 0 bridgehead atoms. The van der Waals surface area contributed by atoms with Gasteiger partial charge in [-0.15, -0.1) is 11.3 Å². The molecule has 1 N–H and O–H groups in total. The summed E-state index contributed by atoms with van der Waals surface area (Å²) in [6, 6.07) is 5.22. The highest BCUT2D eigenvalue weighted by Gasteiger charge is 2.46. The van der Waals surface area contributed by atoms with Gasteiger partial charge in [-0.1, -0.05) is 6.42 Å². The van der Waals surface area contributed by atoms with E-state index in [1.165, 1.54) is 61.5 Å². The number of aliphatic hydroxyl groups excluding tert-OH is 1. The van der Waals surface area contributed by atoms with Crippen molar-refractivity contribution in [1.82, 2.24) is 14.7 Å². The minimum Gasteiger partial charge on any atom is -0.396 e. The third-order valence-electron chi connectivity index (χ3n) is 7.02. The van der Waals surface area contributed by atoms with Gasteiger partial charge >= 0.3 is 0 Å². The lowest BCUT2D eigenvalue weighted by atomic mass is 9.69. The van der Waals surface area contributed by atoms with Crippen molar-refractivity contribution in [3.8, 4) is 0 Å². The third kappa shape index (κ3) is 4.02. The van der Waals surface area contributed by atoms with Crippen LogP contribution in [0.4, 0.5) is 0 Å². The summed E-state index contributed by atoms with van der Waals surface area (Å²) < 4.78 is 0. The number of hydrogen-bond donors (Lipinski definition) is 1. The second-order valence-electron chi connectivity index (χ2n) is 8.81. The van der Waals surface area contributed by atoms with Gasteiger partial charge in [-0.3, -0.25) is 9.80 Å². The van der Waals surface area contributed by atoms with Gasteiger partial charge in [0.1, 0.15) is 0 Å². The Kier molecular flexibility index (Phi) is 6.01. The maximum atomic E-state index is 10.1. The zero-order valence-corrected chi connectivity index (χ0v) is 17.1. The number of likely N-dealkylation sites (N-methyl/N-ethyl adjacent to an activating group) is 1. The van der Waals surface area contributed by atoms with Crippen molar-refractivity contribution >= 4 is 11.3 Å². The number of thiophene rings is 1. The van der Waals surface area contributed by atoms with Crippen molar-refractivity contribution in [2.45, 2.75) is 57.7 Å². The van der Waals surface area contributed by atoms with Crippen molar-refractivity contribution in [1.29, 1.82) is 0 Å². The van der Waals surface area contributed by atoms with Gasteiger partial charge in [0, 0.05) is 40.8 Å². The Morgan fingerprint density at radius 2 is 1.69 bits per heavy atom. The molecule has 146 valence electrons. The second kappa shape index (κ2) is 8.27. The Balaban J connectivity index is 1.34. The zero-order valence-electron chi connectivity index (χ0n) is 16.3. The molecule has 0 aliphatic carbocycles. The average Bonchev–Trinajstić information content (AvgIpc) is 3.10. The smallest absolute Gasteiger partial charge is 0.0503 e. The summed E-state index contributed by atoms with van der Waals surface area (Å²) in [7, 11) is 2.25. The molecule has 3 saturated heterocycles. The summed E-state index contributed by atoms with van der Waals surface area (Å²) in [5, 5.41) is 10.1. The molecule has 2 atom stereocenters. The van der Waals surface area contributed by atoms with Crippen molar-refractivity contribution in [3.63, 3.8) is 0 Å². The quantitative estimate of drug-likeness (QED) is 0.854. The Hall–Kier alpha value is -0.460. The topological polar surface area (TPSA) is 30.0 Å². The molecule has 26 heavy (non-hydrogen) atoms. The van der Waals surface area contributed by atoms with E-state index >= 15 is 0 Å². The average molecular weight is 378 g/mol. The lowest BCUT2D eigenvalue weighted by Crippen LogP contribution is -2.61. The fourth-order valence-corrected chi connectivity index (χ4v) is 6.47. The number of likely N-dealkylation sites (tertiary alicyclic amines) is 3. The van der Waals surface area contributed by atoms with Gasteiger partial charge < -0.3 is 10.0 Å². The lowest BCUT2D eigenvalue weighted by molar-refractivity contribution is -0.0682. The Labute approximate surface area is 162 Å². The third-order valence-corrected chi connectivity index (χ3v) is 8.08. The molecule has 4 nitrogen and oxygen atoms in total. The van der Waals surface area contributed by atoms with Crippen LogP contribution in [0.15, 0.2) is 12.1 Å². The first-order valence-electron chi connectivity index (χ1n) is 10.5. The highest BCUT2D eigenvalue weighted by Crippen LogP contribution is 2.41. The van der Waals surface area contributed by atoms with Gasteiger partial charge in [-0.05, 0) is 77.5 Å². The van der Waals surface area contributed by atoms with Crippen molar-refractivity contribution < 1.29 is 5.11 Å². The molecule has 0 unspecified atom stereocenters. The number of nitrogens with zero attached hydrogens (tertiary/aromatic N) is 3. The summed E-state index contributed by atoms with van der Waals surface area (Å²) >= 11 is 2.01. The number of hydrogen-bond acceptors (Lipinski definition) is 5. The molecule has 1 aromatic heterocycles. The molecule has 3 aliphatic heterocycles. The first kappa shape index (κ1) is 18.9. The predicted molar refractivity (Wildman–Crippen MR) is 109 cm³/mol. The fraction of sp³-hybridized carbons (Fsp3) is 0.810. The molecular weight excluding hydrogens is 342 g/mol. The van der Waals surface area contributed by atoms with Crippen LogP contribution in [-0.4, -0.2) is 72.2 Å². The Morgan fingerprint density at radius 1 is 0.962 bits per heavy atom. The Bertz CT molecular complexity index is 586. The zero-order chi connectivity index (χ0) is 18.0. The minimum atomic E-state index is 0.151. The normalized spacial score (nSPS) is 31.8. The maximum Gasteiger partial charge on any atom is 0.0503 e. The van der Waals surface area contributed by atoms with Crippen LogP contribution in [0.2, 0.25) is 0 Å². The van der Waals surface area contributed by atoms with Gasteiger partial charge in [0.2, 0.25) is 0 Å². The standard InChI is InChI=1S/C21H35N3OS/c1-22-10-5-8-21(17-25)9-13-24(16-20(21)22)15-19-7-6-18(26-19)14-23-11-3-2-4-12-23/h6-7,20,25H,2-5,8-17H2,1H3/t20-,21-/m1/s1. The first-order chi connectivity index (χ1) is 12.7. The summed E-state index contributed by atoms with van der Waals surface area (Å²) in [6.07, 6.45) is 7.72. The van der Waals surface area contributed by atoms with E-state index in [1.807, 2.05) is 11.3 Å². The van der Waals surface area contributed by atoms with Gasteiger partial charge in [-0.25, -0.2) is 0 Å². The van der Waals surface area contributed by atoms with Crippen LogP contribution in [0.3, 0.4) is 0 Å². The molecule has 4 rings (SSSR count). The largest absolute Gasteiger partial charge is 0.396 e. The SMILES string of the molecule is CN1CCC[C@]2(CO)CCN(Cc3ccc(CN4CCCCC4)s3)C[C@@H]12. The summed E-state index contributed by atoms with van der Waals surface area (Å²) in [4.78, 5) is 10.8. The molecule has 0 amide bonds. The van der Waals surface area contributed by atoms with Crippen LogP contribution in [0, 0.1) is 5.41 Å². The van der Waals surface area contributed by atoms with Crippen molar-refractivity contribution in [2.24, 2.45) is 5.41 Å². The van der Waals surface area contributed by atoms with Crippen LogP contribution in [-0.2, 0) is 13.1 Å². The monoisotopic (exact) mass is 377 g/mol. The van der Waals surface area contributed by atoms with Gasteiger partial charge in [0.15, 0.2) is 0 Å². The number of fused-ring (bicyclic) bond motifs is 1. The summed E-state index contributed by atoms with van der Waals surface area (Å²) in [6.45, 7) is 8.54. The fourth-order valence-electron chi connectivity index (χ4n) is 5.37. The number of aliphatic hydroxyl groups is 1. The molecule has 0 aromatic carbocycles. The molecule has 5 heteroatoms. The van der Waals surface area contributed by atoms with E-state index in [9.17, 15) is 5.11 Å². The van der Waals surface area contributed by atoms with Gasteiger partial charge in [0.05, 0.1) is 6.61 Å². The highest BCUT2D eigenvalue weighted by atomic mass is 32.1. The number of piperidine rings is 3. The highest BCUT2D eigenvalue weighted by molar-refractivity contribution is 7.11. The van der Waals surface area contributed by atoms with Crippen LogP contribution < -0.4 is 0 Å². The van der Waals surface area contributed by atoms with Crippen LogP contribution in [0.1, 0.15) is 48.3 Å². The van der Waals surface area contributed by atoms with Crippen LogP contribution in [0.5, 0.6) is 0 Å². The van der Waals surface area contributed by atoms with E-state index < -0.39 is 0 Å². The van der Waals surface area contributed by atoms with E-state index in [1.54, 1.807) is 0 Å². The van der Waals surface area contributed by atoms with Crippen LogP contribution >= 0.6 is 11.3 Å². The first-order valence-corrected chi connectivity index (χ1v) is 11.3. The van der Waals surface area contributed by atoms with E-state index in [-0.39, 0.29) is 5.41 Å². The molecule has 0 radical (unpaired) electrons. The molecule has 1 aromatic rings. The van der Waals surface area contributed by atoms with Crippen LogP contribution in [0.25, 0.3) is 0 Å². The minimum absolute atomic E-state index is 0.151. The van der Waals surface area contributed by atoms with Gasteiger partial charge in [0.25, 0.3) is 0 Å². The summed E-state index contributed by atoms with van der Waals surface area (Å²) in [5.74, 6) is 0. The maximum absolute atomic E-state index is 10.1. The molecule has 3 aliphatic rings. The summed E-state index contributed by atoms with van der Waals surface area (Å²) in [5.41, 5.74) is 0.151. The molecule has 0 saturated carbocycles. The molecule has 3 fully saturated rings. The van der Waals surface area contributed by atoms with Crippen molar-refractivity contribution in [3.05, 3.63) is 21.9 Å². The van der Waals surface area contributed by atoms with Crippen molar-refractivity contribution in [2.75, 3.05) is 46.4 Å². The van der Waals surface area contributed by atoms with E-state index in [4.69, 9.17) is 0 Å². The molecule has 4 heterocycles. The predicted octanol–water partition coefficient (Wildman–Crippen LogP) is 3.01. The second-order valence-corrected chi connectivity index (χ2v) is 10.1. The van der Waals surface area contributed by atoms with E-state index in [0.717, 1.165) is 32.6 Å². The van der Waals surface area contributed by atoms with E-state index in [0.29, 0.717) is 12.6 Å². The molecule has 0 spiro atoms. The molecular formula is C21H35N3OS. The lowest BCUT2D eigenvalue weighted by Gasteiger charge is -2.53. The van der Waals surface area contributed by atoms with Gasteiger partial charge in [-0.2, -0.15) is 0 Å². The Morgan fingerprint density at radius 3 is 2.42 bits per heavy atom. The van der Waals surface area contributed by atoms with E-state index in [2.05, 4.69) is 33.9 Å².